The van der Waals surface area contributed by atoms with Gasteiger partial charge in [-0.1, -0.05) is 17.7 Å². The maximum Gasteiger partial charge on any atom is 0.258 e. The number of hydrogen-bond acceptors (Lipinski definition) is 4. The van der Waals surface area contributed by atoms with Gasteiger partial charge in [0.15, 0.2) is 0 Å². The Morgan fingerprint density at radius 2 is 1.96 bits per heavy atom. The number of nitrogens with one attached hydrogen (secondary N) is 1. The highest BCUT2D eigenvalue weighted by atomic mass is 35.5. The number of amides is 1. The Hall–Kier alpha value is -2.86. The van der Waals surface area contributed by atoms with Crippen molar-refractivity contribution in [2.24, 2.45) is 0 Å². The number of likely N-dealkylation sites (tertiary alicyclic amines) is 1. The van der Waals surface area contributed by atoms with Crippen molar-refractivity contribution in [1.82, 2.24) is 14.3 Å². The number of rotatable bonds is 4. The monoisotopic (exact) mass is 382 g/mol. The van der Waals surface area contributed by atoms with Crippen molar-refractivity contribution >= 4 is 28.8 Å². The largest absolute Gasteiger partial charge is 0.379 e. The molecule has 1 aromatic carbocycles. The number of hydrogen-bond donors (Lipinski definition) is 1. The van der Waals surface area contributed by atoms with E-state index >= 15 is 0 Å². The highest BCUT2D eigenvalue weighted by molar-refractivity contribution is 6.31. The van der Waals surface area contributed by atoms with Gasteiger partial charge in [-0.05, 0) is 43.2 Å². The van der Waals surface area contributed by atoms with Gasteiger partial charge in [-0.15, -0.1) is 0 Å². The molecule has 1 fully saturated rings. The summed E-state index contributed by atoms with van der Waals surface area (Å²) in [6, 6.07) is 12.1. The molecule has 0 unspecified atom stereocenters. The third kappa shape index (κ3) is 3.66. The maximum absolute atomic E-state index is 12.8. The van der Waals surface area contributed by atoms with Gasteiger partial charge in [0.2, 0.25) is 0 Å². The van der Waals surface area contributed by atoms with E-state index in [1.54, 1.807) is 36.5 Å². The molecule has 1 aliphatic heterocycles. The van der Waals surface area contributed by atoms with Gasteiger partial charge in [0.05, 0.1) is 17.8 Å². The highest BCUT2D eigenvalue weighted by Crippen LogP contribution is 2.24. The molecule has 3 aromatic rings. The number of carbonyl (C=O) groups is 1. The summed E-state index contributed by atoms with van der Waals surface area (Å²) >= 11 is 6.12. The molecule has 2 aromatic heterocycles. The summed E-state index contributed by atoms with van der Waals surface area (Å²) in [6.07, 6.45) is 3.74. The van der Waals surface area contributed by atoms with Gasteiger partial charge in [0.1, 0.15) is 5.65 Å². The Balaban J connectivity index is 1.60. The summed E-state index contributed by atoms with van der Waals surface area (Å²) in [5.74, 6) is -0.0240. The number of benzene rings is 1. The van der Waals surface area contributed by atoms with Gasteiger partial charge in [0, 0.05) is 36.1 Å². The van der Waals surface area contributed by atoms with Crippen LogP contribution in [0, 0.1) is 0 Å². The average molecular weight is 383 g/mol. The van der Waals surface area contributed by atoms with Crippen LogP contribution in [-0.2, 0) is 6.54 Å². The number of aromatic nitrogens is 2. The van der Waals surface area contributed by atoms with Crippen LogP contribution in [-0.4, -0.2) is 33.3 Å². The summed E-state index contributed by atoms with van der Waals surface area (Å²) in [7, 11) is 0. The molecule has 1 amide bonds. The molecule has 3 heterocycles. The number of pyridine rings is 1. The molecule has 0 spiro atoms. The van der Waals surface area contributed by atoms with E-state index in [9.17, 15) is 9.59 Å². The van der Waals surface area contributed by atoms with Crippen LogP contribution in [0.25, 0.3) is 5.65 Å². The molecule has 1 saturated heterocycles. The van der Waals surface area contributed by atoms with Crippen molar-refractivity contribution in [3.8, 4) is 0 Å². The minimum Gasteiger partial charge on any atom is -0.379 e. The first kappa shape index (κ1) is 17.5. The molecule has 4 rings (SSSR count). The van der Waals surface area contributed by atoms with E-state index < -0.39 is 0 Å². The smallest absolute Gasteiger partial charge is 0.258 e. The zero-order valence-corrected chi connectivity index (χ0v) is 15.4. The fraction of sp³-hybridized carbons (Fsp3) is 0.250. The number of anilines is 1. The van der Waals surface area contributed by atoms with Crippen LogP contribution in [0.3, 0.4) is 0 Å². The van der Waals surface area contributed by atoms with Crippen LogP contribution in [0.15, 0.2) is 53.5 Å². The Labute approximate surface area is 161 Å². The number of halogens is 1. The molecule has 6 nitrogen and oxygen atoms in total. The van der Waals surface area contributed by atoms with Crippen LogP contribution < -0.4 is 10.9 Å². The zero-order chi connectivity index (χ0) is 18.8. The van der Waals surface area contributed by atoms with Crippen molar-refractivity contribution < 1.29 is 4.79 Å². The van der Waals surface area contributed by atoms with Crippen LogP contribution in [0.5, 0.6) is 0 Å². The van der Waals surface area contributed by atoms with Gasteiger partial charge >= 0.3 is 0 Å². The predicted molar refractivity (Wildman–Crippen MR) is 105 cm³/mol. The second kappa shape index (κ2) is 7.40. The van der Waals surface area contributed by atoms with E-state index in [0.717, 1.165) is 25.9 Å². The van der Waals surface area contributed by atoms with Gasteiger partial charge in [-0.25, -0.2) is 4.98 Å². The van der Waals surface area contributed by atoms with Gasteiger partial charge < -0.3 is 10.2 Å². The van der Waals surface area contributed by atoms with Crippen molar-refractivity contribution in [3.63, 3.8) is 0 Å². The molecule has 0 atom stereocenters. The summed E-state index contributed by atoms with van der Waals surface area (Å²) in [5.41, 5.74) is 2.29. The number of nitrogens with zero attached hydrogens (tertiary/aromatic N) is 3. The summed E-state index contributed by atoms with van der Waals surface area (Å²) in [5, 5.41) is 3.75. The summed E-state index contributed by atoms with van der Waals surface area (Å²) < 4.78 is 1.49. The first-order valence-corrected chi connectivity index (χ1v) is 9.30. The van der Waals surface area contributed by atoms with Gasteiger partial charge in [-0.3, -0.25) is 14.0 Å². The lowest BCUT2D eigenvalue weighted by Gasteiger charge is -2.18. The standard InChI is InChI=1S/C20H19ClN4O2/c21-14-6-7-17(16(11-14)20(27)24-8-3-4-9-24)22-13-15-12-19(26)25-10-2-1-5-18(25)23-15/h1-2,5-7,10-12,22H,3-4,8-9,13H2. The van der Waals surface area contributed by atoms with E-state index in [1.807, 2.05) is 11.0 Å². The molecule has 27 heavy (non-hydrogen) atoms. The van der Waals surface area contributed by atoms with E-state index in [0.29, 0.717) is 34.2 Å². The molecular formula is C20H19ClN4O2. The quantitative estimate of drug-likeness (QED) is 0.752. The van der Waals surface area contributed by atoms with E-state index in [1.165, 1.54) is 10.5 Å². The van der Waals surface area contributed by atoms with Crippen molar-refractivity contribution in [2.75, 3.05) is 18.4 Å². The molecule has 1 aliphatic rings. The van der Waals surface area contributed by atoms with Crippen LogP contribution in [0.2, 0.25) is 5.02 Å². The van der Waals surface area contributed by atoms with Crippen molar-refractivity contribution in [1.29, 1.82) is 0 Å². The Morgan fingerprint density at radius 1 is 1.15 bits per heavy atom. The third-order valence-electron chi connectivity index (χ3n) is 4.69. The number of carbonyl (C=O) groups excluding carboxylic acids is 1. The molecular weight excluding hydrogens is 364 g/mol. The van der Waals surface area contributed by atoms with Crippen LogP contribution in [0.4, 0.5) is 5.69 Å². The lowest BCUT2D eigenvalue weighted by Crippen LogP contribution is -2.28. The number of fused-ring (bicyclic) bond motifs is 1. The van der Waals surface area contributed by atoms with Gasteiger partial charge in [0.25, 0.3) is 11.5 Å². The second-order valence-electron chi connectivity index (χ2n) is 6.56. The molecule has 1 N–H and O–H groups in total. The fourth-order valence-electron chi connectivity index (χ4n) is 3.32. The van der Waals surface area contributed by atoms with Crippen LogP contribution in [0.1, 0.15) is 28.9 Å². The third-order valence-corrected chi connectivity index (χ3v) is 4.92. The Kier molecular flexibility index (Phi) is 4.81. The SMILES string of the molecule is O=C(c1cc(Cl)ccc1NCc1cc(=O)n2ccccc2n1)N1CCCC1. The van der Waals surface area contributed by atoms with E-state index in [2.05, 4.69) is 10.3 Å². The molecule has 0 radical (unpaired) electrons. The average Bonchev–Trinajstić information content (AvgIpc) is 3.21. The first-order valence-electron chi connectivity index (χ1n) is 8.92. The Bertz CT molecular complexity index is 1060. The minimum atomic E-state index is -0.137. The summed E-state index contributed by atoms with van der Waals surface area (Å²) in [6.45, 7) is 1.88. The van der Waals surface area contributed by atoms with E-state index in [-0.39, 0.29) is 11.5 Å². The normalized spacial score (nSPS) is 13.9. The molecule has 0 saturated carbocycles. The molecule has 7 heteroatoms. The van der Waals surface area contributed by atoms with Gasteiger partial charge in [-0.2, -0.15) is 0 Å². The van der Waals surface area contributed by atoms with Crippen LogP contribution >= 0.6 is 11.6 Å². The second-order valence-corrected chi connectivity index (χ2v) is 6.99. The molecule has 0 aliphatic carbocycles. The molecule has 0 bridgehead atoms. The first-order chi connectivity index (χ1) is 13.1. The highest BCUT2D eigenvalue weighted by Gasteiger charge is 2.22. The lowest BCUT2D eigenvalue weighted by atomic mass is 10.1. The minimum absolute atomic E-state index is 0.0240. The van der Waals surface area contributed by atoms with Crippen molar-refractivity contribution in [2.45, 2.75) is 19.4 Å². The maximum atomic E-state index is 12.8. The topological polar surface area (TPSA) is 66.7 Å². The van der Waals surface area contributed by atoms with E-state index in [4.69, 9.17) is 11.6 Å². The Morgan fingerprint density at radius 3 is 2.78 bits per heavy atom. The van der Waals surface area contributed by atoms with Crippen molar-refractivity contribution in [3.05, 3.63) is 75.3 Å². The zero-order valence-electron chi connectivity index (χ0n) is 14.7. The lowest BCUT2D eigenvalue weighted by molar-refractivity contribution is 0.0793. The molecule has 138 valence electrons. The fourth-order valence-corrected chi connectivity index (χ4v) is 3.49. The predicted octanol–water partition coefficient (Wildman–Crippen LogP) is 3.20. The summed E-state index contributed by atoms with van der Waals surface area (Å²) in [4.78, 5) is 31.4.